The normalized spacial score (nSPS) is 11.2. The molecule has 1 heterocycles. The van der Waals surface area contributed by atoms with Crippen LogP contribution in [0.1, 0.15) is 15.5 Å². The highest BCUT2D eigenvalue weighted by molar-refractivity contribution is 7.16. The van der Waals surface area contributed by atoms with Gasteiger partial charge >= 0.3 is 18.1 Å². The molecule has 2 N–H and O–H groups in total. The molecule has 1 aromatic rings. The fraction of sp³-hybridized carbons (Fsp3) is 0.286. The third kappa shape index (κ3) is 2.69. The van der Waals surface area contributed by atoms with Crippen molar-refractivity contribution < 1.29 is 27.9 Å². The molecule has 88 valence electrons. The minimum absolute atomic E-state index is 0.245. The van der Waals surface area contributed by atoms with Gasteiger partial charge in [-0.25, -0.2) is 9.78 Å². The van der Waals surface area contributed by atoms with E-state index in [1.165, 1.54) is 12.2 Å². The fourth-order valence-electron chi connectivity index (χ4n) is 0.831. The molecule has 9 heteroatoms. The van der Waals surface area contributed by atoms with Crippen LogP contribution in [0.25, 0.3) is 0 Å². The van der Waals surface area contributed by atoms with E-state index in [-0.39, 0.29) is 5.01 Å². The average molecular weight is 254 g/mol. The van der Waals surface area contributed by atoms with Crippen molar-refractivity contribution in [3.8, 4) is 0 Å². The topological polar surface area (TPSA) is 79.3 Å². The smallest absolute Gasteiger partial charge is 0.471 e. The van der Waals surface area contributed by atoms with Crippen molar-refractivity contribution in [2.45, 2.75) is 13.1 Å². The number of carboxylic acids is 1. The lowest BCUT2D eigenvalue weighted by Crippen LogP contribution is -2.30. The summed E-state index contributed by atoms with van der Waals surface area (Å²) < 4.78 is 35.7. The van der Waals surface area contributed by atoms with E-state index in [0.717, 1.165) is 0 Å². The molecule has 0 radical (unpaired) electrons. The van der Waals surface area contributed by atoms with Crippen LogP contribution in [0.5, 0.6) is 0 Å². The van der Waals surface area contributed by atoms with Crippen LogP contribution in [0.2, 0.25) is 0 Å². The molecule has 0 fully saturated rings. The van der Waals surface area contributed by atoms with E-state index in [0.29, 0.717) is 11.3 Å². The summed E-state index contributed by atoms with van der Waals surface area (Å²) in [5, 5.41) is 9.89. The number of aromatic carboxylic acids is 1. The van der Waals surface area contributed by atoms with Gasteiger partial charge in [-0.15, -0.1) is 11.3 Å². The van der Waals surface area contributed by atoms with Gasteiger partial charge in [0.05, 0.1) is 5.01 Å². The molecule has 0 saturated heterocycles. The van der Waals surface area contributed by atoms with Gasteiger partial charge in [0.15, 0.2) is 5.69 Å². The van der Waals surface area contributed by atoms with Crippen LogP contribution < -0.4 is 5.32 Å². The molecule has 0 spiro atoms. The van der Waals surface area contributed by atoms with Gasteiger partial charge in [-0.2, -0.15) is 13.2 Å². The predicted molar refractivity (Wildman–Crippen MR) is 48.5 cm³/mol. The molecular weight excluding hydrogens is 249 g/mol. The number of alkyl halides is 3. The number of aryl methyl sites for hydroxylation is 1. The molecule has 1 rings (SSSR count). The fourth-order valence-corrected chi connectivity index (χ4v) is 1.64. The summed E-state index contributed by atoms with van der Waals surface area (Å²) >= 11 is 0.663. The number of hydrogen-bond donors (Lipinski definition) is 2. The second kappa shape index (κ2) is 4.08. The number of carboxylic acid groups (broad SMARTS) is 1. The Hall–Kier alpha value is -1.64. The first kappa shape index (κ1) is 12.4. The van der Waals surface area contributed by atoms with Crippen molar-refractivity contribution in [2.24, 2.45) is 0 Å². The zero-order valence-corrected chi connectivity index (χ0v) is 8.57. The Morgan fingerprint density at radius 2 is 2.00 bits per heavy atom. The van der Waals surface area contributed by atoms with E-state index in [1.807, 2.05) is 0 Å². The molecule has 1 aromatic heterocycles. The summed E-state index contributed by atoms with van der Waals surface area (Å²) in [5.74, 6) is -3.72. The Kier molecular flexibility index (Phi) is 3.17. The van der Waals surface area contributed by atoms with Crippen LogP contribution in [0.3, 0.4) is 0 Å². The van der Waals surface area contributed by atoms with Crippen molar-refractivity contribution >= 4 is 28.2 Å². The van der Waals surface area contributed by atoms with Crippen LogP contribution in [0, 0.1) is 6.92 Å². The first-order valence-electron chi connectivity index (χ1n) is 3.80. The highest BCUT2D eigenvalue weighted by atomic mass is 32.1. The van der Waals surface area contributed by atoms with Crippen LogP contribution >= 0.6 is 11.3 Å². The molecule has 0 unspecified atom stereocenters. The van der Waals surface area contributed by atoms with Crippen molar-refractivity contribution in [3.63, 3.8) is 0 Å². The Morgan fingerprint density at radius 3 is 2.44 bits per heavy atom. The largest absolute Gasteiger partial charge is 0.476 e. The molecule has 0 bridgehead atoms. The molecule has 0 atom stereocenters. The van der Waals surface area contributed by atoms with Crippen LogP contribution in [0.15, 0.2) is 0 Å². The van der Waals surface area contributed by atoms with E-state index < -0.39 is 28.7 Å². The zero-order chi connectivity index (χ0) is 12.5. The number of amides is 1. The third-order valence-corrected chi connectivity index (χ3v) is 2.31. The van der Waals surface area contributed by atoms with Gasteiger partial charge in [0.2, 0.25) is 0 Å². The molecular formula is C7H5F3N2O3S. The van der Waals surface area contributed by atoms with Crippen LogP contribution in [-0.4, -0.2) is 28.1 Å². The van der Waals surface area contributed by atoms with E-state index in [4.69, 9.17) is 5.11 Å². The second-order valence-electron chi connectivity index (χ2n) is 2.67. The van der Waals surface area contributed by atoms with Crippen molar-refractivity contribution in [1.29, 1.82) is 0 Å². The lowest BCUT2D eigenvalue weighted by Gasteiger charge is -2.05. The molecule has 5 nitrogen and oxygen atoms in total. The lowest BCUT2D eigenvalue weighted by atomic mass is 10.4. The predicted octanol–water partition coefficient (Wildman–Crippen LogP) is 1.65. The summed E-state index contributed by atoms with van der Waals surface area (Å²) in [6, 6.07) is 0. The molecule has 0 aliphatic rings. The number of rotatable bonds is 2. The van der Waals surface area contributed by atoms with Crippen LogP contribution in [-0.2, 0) is 4.79 Å². The SMILES string of the molecule is Cc1nc(C(=O)O)c(NC(=O)C(F)(F)F)s1. The molecule has 0 aliphatic carbocycles. The van der Waals surface area contributed by atoms with E-state index in [9.17, 15) is 22.8 Å². The zero-order valence-electron chi connectivity index (χ0n) is 7.75. The number of hydrogen-bond acceptors (Lipinski definition) is 4. The molecule has 0 aromatic carbocycles. The number of halogens is 3. The molecule has 1 amide bonds. The molecule has 16 heavy (non-hydrogen) atoms. The molecule has 0 saturated carbocycles. The average Bonchev–Trinajstić information content (AvgIpc) is 2.45. The second-order valence-corrected chi connectivity index (χ2v) is 3.87. The highest BCUT2D eigenvalue weighted by Gasteiger charge is 2.39. The number of carbonyl (C=O) groups is 2. The van der Waals surface area contributed by atoms with Gasteiger partial charge in [-0.05, 0) is 6.92 Å². The maximum absolute atomic E-state index is 11.9. The number of aromatic nitrogens is 1. The number of thiazole rings is 1. The third-order valence-electron chi connectivity index (χ3n) is 1.42. The van der Waals surface area contributed by atoms with Crippen molar-refractivity contribution in [3.05, 3.63) is 10.7 Å². The summed E-state index contributed by atoms with van der Waals surface area (Å²) in [6.45, 7) is 1.42. The van der Waals surface area contributed by atoms with E-state index >= 15 is 0 Å². The first-order valence-corrected chi connectivity index (χ1v) is 4.62. The molecule has 0 aliphatic heterocycles. The van der Waals surface area contributed by atoms with Gasteiger partial charge < -0.3 is 10.4 Å². The first-order chi connectivity index (χ1) is 7.21. The standard InChI is InChI=1S/C7H5F3N2O3S/c1-2-11-3(5(13)14)4(16-2)12-6(15)7(8,9)10/h1H3,(H,12,15)(H,13,14). The number of anilines is 1. The number of nitrogens with one attached hydrogen (secondary N) is 1. The van der Waals surface area contributed by atoms with E-state index in [1.54, 1.807) is 0 Å². The maximum atomic E-state index is 11.9. The van der Waals surface area contributed by atoms with Gasteiger partial charge in [-0.1, -0.05) is 0 Å². The van der Waals surface area contributed by atoms with Gasteiger partial charge in [0, 0.05) is 0 Å². The lowest BCUT2D eigenvalue weighted by molar-refractivity contribution is -0.167. The van der Waals surface area contributed by atoms with Crippen LogP contribution in [0.4, 0.5) is 18.2 Å². The monoisotopic (exact) mass is 254 g/mol. The maximum Gasteiger partial charge on any atom is 0.471 e. The minimum Gasteiger partial charge on any atom is -0.476 e. The Bertz CT molecular complexity index is 441. The summed E-state index contributed by atoms with van der Waals surface area (Å²) in [7, 11) is 0. The van der Waals surface area contributed by atoms with Gasteiger partial charge in [0.25, 0.3) is 0 Å². The number of nitrogens with zero attached hydrogens (tertiary/aromatic N) is 1. The summed E-state index contributed by atoms with van der Waals surface area (Å²) in [6.07, 6.45) is -5.06. The quantitative estimate of drug-likeness (QED) is 0.841. The van der Waals surface area contributed by atoms with Gasteiger partial charge in [0.1, 0.15) is 5.00 Å². The van der Waals surface area contributed by atoms with Gasteiger partial charge in [-0.3, -0.25) is 4.79 Å². The highest BCUT2D eigenvalue weighted by Crippen LogP contribution is 2.26. The Morgan fingerprint density at radius 1 is 1.44 bits per heavy atom. The summed E-state index contributed by atoms with van der Waals surface area (Å²) in [5.41, 5.74) is -0.597. The van der Waals surface area contributed by atoms with E-state index in [2.05, 4.69) is 4.98 Å². The summed E-state index contributed by atoms with van der Waals surface area (Å²) in [4.78, 5) is 24.6. The van der Waals surface area contributed by atoms with Crippen molar-refractivity contribution in [1.82, 2.24) is 4.98 Å². The Labute approximate surface area is 90.9 Å². The van der Waals surface area contributed by atoms with Crippen molar-refractivity contribution in [2.75, 3.05) is 5.32 Å². The Balaban J connectivity index is 2.98. The minimum atomic E-state index is -5.06. The number of carbonyl (C=O) groups excluding carboxylic acids is 1.